The number of nitrogens with one attached hydrogen (secondary N) is 2. The van der Waals surface area contributed by atoms with E-state index in [4.69, 9.17) is 22.0 Å². The molecule has 29 heavy (non-hydrogen) atoms. The highest BCUT2D eigenvalue weighted by atomic mass is 35.5. The number of nitrogens with zero attached hydrogens (tertiary/aromatic N) is 1. The van der Waals surface area contributed by atoms with Gasteiger partial charge < -0.3 is 15.7 Å². The topological polar surface area (TPSA) is 102 Å². The number of amides is 1. The third-order valence-corrected chi connectivity index (χ3v) is 3.92. The quantitative estimate of drug-likeness (QED) is 0.470. The van der Waals surface area contributed by atoms with E-state index in [-0.39, 0.29) is 17.7 Å². The molecular formula is C19H13ClF3N3O3. The van der Waals surface area contributed by atoms with E-state index in [1.807, 2.05) is 0 Å². The van der Waals surface area contributed by atoms with Crippen LogP contribution in [0, 0.1) is 11.3 Å². The molecule has 0 radical (unpaired) electrons. The van der Waals surface area contributed by atoms with Crippen LogP contribution in [-0.4, -0.2) is 17.0 Å². The summed E-state index contributed by atoms with van der Waals surface area (Å²) in [6, 6.07) is 10.7. The van der Waals surface area contributed by atoms with Crippen molar-refractivity contribution < 1.29 is 27.9 Å². The maximum atomic E-state index is 12.9. The minimum Gasteiger partial charge on any atom is -0.481 e. The zero-order chi connectivity index (χ0) is 21.6. The smallest absolute Gasteiger partial charge is 0.417 e. The van der Waals surface area contributed by atoms with Crippen LogP contribution < -0.4 is 10.6 Å². The fourth-order valence-corrected chi connectivity index (χ4v) is 2.44. The average molecular weight is 424 g/mol. The zero-order valence-electron chi connectivity index (χ0n) is 14.5. The van der Waals surface area contributed by atoms with Gasteiger partial charge in [-0.15, -0.1) is 0 Å². The number of nitriles is 1. The first-order valence-corrected chi connectivity index (χ1v) is 8.33. The number of carbonyl (C=O) groups excluding carboxylic acids is 1. The van der Waals surface area contributed by atoms with Gasteiger partial charge in [-0.2, -0.15) is 18.4 Å². The Kier molecular flexibility index (Phi) is 6.85. The van der Waals surface area contributed by atoms with Gasteiger partial charge in [-0.25, -0.2) is 0 Å². The minimum absolute atomic E-state index is 0.150. The van der Waals surface area contributed by atoms with E-state index in [0.29, 0.717) is 17.3 Å². The molecule has 0 bridgehead atoms. The molecule has 0 unspecified atom stereocenters. The lowest BCUT2D eigenvalue weighted by Crippen LogP contribution is -2.15. The van der Waals surface area contributed by atoms with Crippen molar-refractivity contribution in [1.82, 2.24) is 0 Å². The molecule has 2 aromatic carbocycles. The Morgan fingerprint density at radius 1 is 1.14 bits per heavy atom. The number of hydrogen-bond acceptors (Lipinski definition) is 4. The van der Waals surface area contributed by atoms with E-state index in [9.17, 15) is 22.8 Å². The Morgan fingerprint density at radius 2 is 1.76 bits per heavy atom. The fourth-order valence-electron chi connectivity index (χ4n) is 2.22. The molecule has 0 aliphatic carbocycles. The summed E-state index contributed by atoms with van der Waals surface area (Å²) < 4.78 is 38.7. The van der Waals surface area contributed by atoms with Crippen molar-refractivity contribution in [2.45, 2.75) is 12.6 Å². The molecule has 0 aromatic heterocycles. The molecule has 0 aliphatic rings. The highest BCUT2D eigenvalue weighted by Crippen LogP contribution is 2.36. The second-order valence-corrected chi connectivity index (χ2v) is 6.14. The highest BCUT2D eigenvalue weighted by Gasteiger charge is 2.33. The van der Waals surface area contributed by atoms with E-state index < -0.39 is 28.6 Å². The van der Waals surface area contributed by atoms with Crippen molar-refractivity contribution in [2.75, 3.05) is 10.6 Å². The first kappa shape index (κ1) is 21.8. The number of anilines is 2. The highest BCUT2D eigenvalue weighted by molar-refractivity contribution is 6.31. The molecule has 1 amide bonds. The predicted molar refractivity (Wildman–Crippen MR) is 100 cm³/mol. The summed E-state index contributed by atoms with van der Waals surface area (Å²) in [6.07, 6.45) is -3.76. The second-order valence-electron chi connectivity index (χ2n) is 5.73. The van der Waals surface area contributed by atoms with Gasteiger partial charge in [0.2, 0.25) is 0 Å². The average Bonchev–Trinajstić information content (AvgIpc) is 2.63. The molecule has 0 spiro atoms. The lowest BCUT2D eigenvalue weighted by Gasteiger charge is -2.11. The normalized spacial score (nSPS) is 11.5. The van der Waals surface area contributed by atoms with E-state index in [2.05, 4.69) is 10.6 Å². The summed E-state index contributed by atoms with van der Waals surface area (Å²) in [6.45, 7) is 0. The number of benzene rings is 2. The number of aliphatic carboxylic acids is 1. The summed E-state index contributed by atoms with van der Waals surface area (Å²) in [7, 11) is 0. The van der Waals surface area contributed by atoms with E-state index >= 15 is 0 Å². The van der Waals surface area contributed by atoms with Gasteiger partial charge in [0, 0.05) is 17.6 Å². The summed E-state index contributed by atoms with van der Waals surface area (Å²) >= 11 is 5.52. The Bertz CT molecular complexity index is 996. The zero-order valence-corrected chi connectivity index (χ0v) is 15.3. The molecule has 150 valence electrons. The standard InChI is InChI=1S/C19H13ClF3N3O3/c20-16-6-5-14(8-15(16)19(21,22)23)26-18(29)12(9-24)10-25-13-3-1-11(2-4-13)7-17(27)28/h1-6,8,10,25H,7H2,(H,26,29)(H,27,28)/b12-10-. The Hall–Kier alpha value is -3.51. The van der Waals surface area contributed by atoms with Crippen LogP contribution in [0.25, 0.3) is 0 Å². The number of carbonyl (C=O) groups is 2. The van der Waals surface area contributed by atoms with Crippen molar-refractivity contribution in [3.63, 3.8) is 0 Å². The summed E-state index contributed by atoms with van der Waals surface area (Å²) in [5.41, 5.74) is -0.632. The van der Waals surface area contributed by atoms with Crippen molar-refractivity contribution in [2.24, 2.45) is 0 Å². The lowest BCUT2D eigenvalue weighted by atomic mass is 10.1. The number of carboxylic acid groups (broad SMARTS) is 1. The number of rotatable bonds is 6. The first-order chi connectivity index (χ1) is 13.6. The van der Waals surface area contributed by atoms with Gasteiger partial charge in [-0.3, -0.25) is 9.59 Å². The molecule has 2 aromatic rings. The van der Waals surface area contributed by atoms with Crippen molar-refractivity contribution in [1.29, 1.82) is 5.26 Å². The van der Waals surface area contributed by atoms with Crippen LogP contribution >= 0.6 is 11.6 Å². The maximum absolute atomic E-state index is 12.9. The van der Waals surface area contributed by atoms with Gasteiger partial charge in [-0.1, -0.05) is 23.7 Å². The van der Waals surface area contributed by atoms with Gasteiger partial charge in [0.15, 0.2) is 0 Å². The maximum Gasteiger partial charge on any atom is 0.417 e. The minimum atomic E-state index is -4.69. The van der Waals surface area contributed by atoms with Crippen molar-refractivity contribution in [3.8, 4) is 6.07 Å². The summed E-state index contributed by atoms with van der Waals surface area (Å²) in [5.74, 6) is -1.90. The number of hydrogen-bond donors (Lipinski definition) is 3. The summed E-state index contributed by atoms with van der Waals surface area (Å²) in [4.78, 5) is 22.8. The SMILES string of the molecule is N#C/C(=C/Nc1ccc(CC(=O)O)cc1)C(=O)Nc1ccc(Cl)c(C(F)(F)F)c1. The van der Waals surface area contributed by atoms with Gasteiger partial charge >= 0.3 is 12.1 Å². The molecule has 0 saturated carbocycles. The van der Waals surface area contributed by atoms with E-state index in [1.165, 1.54) is 6.07 Å². The molecule has 0 saturated heterocycles. The van der Waals surface area contributed by atoms with Crippen LogP contribution in [0.3, 0.4) is 0 Å². The molecule has 0 heterocycles. The number of alkyl halides is 3. The van der Waals surface area contributed by atoms with Crippen LogP contribution in [0.4, 0.5) is 24.5 Å². The lowest BCUT2D eigenvalue weighted by molar-refractivity contribution is -0.138. The molecule has 3 N–H and O–H groups in total. The molecule has 0 atom stereocenters. The van der Waals surface area contributed by atoms with Gasteiger partial charge in [-0.05, 0) is 35.9 Å². The Morgan fingerprint density at radius 3 is 2.31 bits per heavy atom. The molecule has 2 rings (SSSR count). The monoisotopic (exact) mass is 423 g/mol. The van der Waals surface area contributed by atoms with Gasteiger partial charge in [0.25, 0.3) is 5.91 Å². The van der Waals surface area contributed by atoms with Crippen LogP contribution in [0.2, 0.25) is 5.02 Å². The molecule has 10 heteroatoms. The Balaban J connectivity index is 2.11. The molecule has 6 nitrogen and oxygen atoms in total. The predicted octanol–water partition coefficient (Wildman–Crippen LogP) is 4.44. The first-order valence-electron chi connectivity index (χ1n) is 7.96. The van der Waals surface area contributed by atoms with Crippen LogP contribution in [0.15, 0.2) is 54.2 Å². The number of halogens is 4. The van der Waals surface area contributed by atoms with Crippen LogP contribution in [0.5, 0.6) is 0 Å². The molecule has 0 aliphatic heterocycles. The van der Waals surface area contributed by atoms with Gasteiger partial charge in [0.1, 0.15) is 11.6 Å². The van der Waals surface area contributed by atoms with E-state index in [0.717, 1.165) is 12.3 Å². The van der Waals surface area contributed by atoms with Crippen molar-refractivity contribution in [3.05, 3.63) is 70.4 Å². The van der Waals surface area contributed by atoms with Crippen molar-refractivity contribution >= 4 is 34.9 Å². The third-order valence-electron chi connectivity index (χ3n) is 3.59. The second kappa shape index (κ2) is 9.12. The Labute approximate surface area is 168 Å². The largest absolute Gasteiger partial charge is 0.481 e. The van der Waals surface area contributed by atoms with Gasteiger partial charge in [0.05, 0.1) is 17.0 Å². The molecular weight excluding hydrogens is 411 g/mol. The van der Waals surface area contributed by atoms with Crippen LogP contribution in [0.1, 0.15) is 11.1 Å². The molecule has 0 fully saturated rings. The van der Waals surface area contributed by atoms with Crippen LogP contribution in [-0.2, 0) is 22.2 Å². The third kappa shape index (κ3) is 6.26. The number of carboxylic acids is 1. The van der Waals surface area contributed by atoms with E-state index in [1.54, 1.807) is 30.3 Å². The fraction of sp³-hybridized carbons (Fsp3) is 0.105. The summed E-state index contributed by atoms with van der Waals surface area (Å²) in [5, 5.41) is 22.3.